The van der Waals surface area contributed by atoms with Gasteiger partial charge >= 0.3 is 6.18 Å². The lowest BCUT2D eigenvalue weighted by atomic mass is 9.88. The zero-order valence-corrected chi connectivity index (χ0v) is 13.2. The molecular formula is C16H20F3NO3. The zero-order valence-electron chi connectivity index (χ0n) is 13.2. The Morgan fingerprint density at radius 3 is 2.30 bits per heavy atom. The number of nitrogens with zero attached hydrogens (tertiary/aromatic N) is 1. The lowest BCUT2D eigenvalue weighted by Gasteiger charge is -2.34. The first-order valence-electron chi connectivity index (χ1n) is 7.27. The summed E-state index contributed by atoms with van der Waals surface area (Å²) in [5.41, 5.74) is -0.342. The number of hydrogen-bond acceptors (Lipinski definition) is 3. The van der Waals surface area contributed by atoms with Gasteiger partial charge in [-0.15, -0.1) is 0 Å². The average molecular weight is 331 g/mol. The summed E-state index contributed by atoms with van der Waals surface area (Å²) in [5.74, 6) is -0.980. The number of ether oxygens (including phenoxy) is 1. The summed E-state index contributed by atoms with van der Waals surface area (Å²) in [4.78, 5) is 13.1. The first-order valence-corrected chi connectivity index (χ1v) is 7.27. The van der Waals surface area contributed by atoms with Crippen molar-refractivity contribution >= 4 is 5.91 Å². The van der Waals surface area contributed by atoms with E-state index in [0.717, 1.165) is 0 Å². The quantitative estimate of drug-likeness (QED) is 0.906. The molecule has 0 radical (unpaired) electrons. The van der Waals surface area contributed by atoms with Gasteiger partial charge in [0, 0.05) is 0 Å². The summed E-state index contributed by atoms with van der Waals surface area (Å²) in [7, 11) is 0. The molecule has 1 aliphatic rings. The van der Waals surface area contributed by atoms with E-state index in [4.69, 9.17) is 4.74 Å². The molecule has 7 heteroatoms. The van der Waals surface area contributed by atoms with E-state index in [9.17, 15) is 23.1 Å². The second-order valence-electron chi connectivity index (χ2n) is 6.67. The molecule has 23 heavy (non-hydrogen) atoms. The van der Waals surface area contributed by atoms with Gasteiger partial charge in [0.05, 0.1) is 12.6 Å². The van der Waals surface area contributed by atoms with Crippen molar-refractivity contribution in [3.63, 3.8) is 0 Å². The number of halogens is 3. The molecule has 2 rings (SSSR count). The van der Waals surface area contributed by atoms with Gasteiger partial charge < -0.3 is 9.84 Å². The largest absolute Gasteiger partial charge is 0.433 e. The summed E-state index contributed by atoms with van der Waals surface area (Å²) >= 11 is 0. The second-order valence-corrected chi connectivity index (χ2v) is 6.67. The van der Waals surface area contributed by atoms with Crippen molar-refractivity contribution < 1.29 is 27.8 Å². The van der Waals surface area contributed by atoms with Crippen molar-refractivity contribution in [2.24, 2.45) is 5.41 Å². The van der Waals surface area contributed by atoms with E-state index in [1.54, 1.807) is 51.1 Å². The first-order chi connectivity index (χ1) is 10.5. The Morgan fingerprint density at radius 1 is 1.26 bits per heavy atom. The van der Waals surface area contributed by atoms with E-state index in [1.807, 2.05) is 0 Å². The molecule has 1 heterocycles. The fourth-order valence-electron chi connectivity index (χ4n) is 2.47. The number of rotatable bonds is 2. The fraction of sp³-hybridized carbons (Fsp3) is 0.562. The van der Waals surface area contributed by atoms with Gasteiger partial charge in [0.2, 0.25) is 6.23 Å². The summed E-state index contributed by atoms with van der Waals surface area (Å²) in [6.45, 7) is 4.50. The molecule has 128 valence electrons. The predicted octanol–water partition coefficient (Wildman–Crippen LogP) is 2.88. The number of carbonyl (C=O) groups is 1. The molecule has 0 spiro atoms. The molecule has 1 fully saturated rings. The number of benzene rings is 1. The normalized spacial score (nSPS) is 23.9. The molecule has 0 aromatic heterocycles. The number of aliphatic hydroxyl groups is 1. The Kier molecular flexibility index (Phi) is 4.73. The third-order valence-electron chi connectivity index (χ3n) is 3.77. The van der Waals surface area contributed by atoms with E-state index in [2.05, 4.69) is 0 Å². The van der Waals surface area contributed by atoms with Gasteiger partial charge in [-0.2, -0.15) is 13.2 Å². The van der Waals surface area contributed by atoms with Crippen LogP contribution >= 0.6 is 0 Å². The molecule has 1 aliphatic heterocycles. The Labute approximate surface area is 132 Å². The van der Waals surface area contributed by atoms with Crippen LogP contribution < -0.4 is 0 Å². The van der Waals surface area contributed by atoms with Crippen LogP contribution in [0.2, 0.25) is 0 Å². The van der Waals surface area contributed by atoms with Crippen LogP contribution in [0, 0.1) is 5.41 Å². The van der Waals surface area contributed by atoms with E-state index in [0.29, 0.717) is 10.5 Å². The average Bonchev–Trinajstić information content (AvgIpc) is 2.90. The molecule has 3 atom stereocenters. The van der Waals surface area contributed by atoms with Gasteiger partial charge in [-0.3, -0.25) is 9.69 Å². The van der Waals surface area contributed by atoms with Crippen molar-refractivity contribution in [1.29, 1.82) is 0 Å². The van der Waals surface area contributed by atoms with Crippen LogP contribution in [-0.4, -0.2) is 41.0 Å². The maximum Gasteiger partial charge on any atom is 0.433 e. The van der Waals surface area contributed by atoms with Crippen LogP contribution in [0.1, 0.15) is 32.4 Å². The lowest BCUT2D eigenvalue weighted by Crippen LogP contribution is -2.52. The van der Waals surface area contributed by atoms with Crippen molar-refractivity contribution in [2.75, 3.05) is 6.61 Å². The van der Waals surface area contributed by atoms with Crippen molar-refractivity contribution in [3.8, 4) is 0 Å². The molecule has 1 aromatic carbocycles. The Balaban J connectivity index is 2.39. The molecule has 0 aliphatic carbocycles. The number of aliphatic hydroxyl groups excluding tert-OH is 1. The minimum Gasteiger partial charge on any atom is -0.383 e. The van der Waals surface area contributed by atoms with Gasteiger partial charge in [-0.05, 0) is 11.0 Å². The summed E-state index contributed by atoms with van der Waals surface area (Å²) < 4.78 is 44.5. The predicted molar refractivity (Wildman–Crippen MR) is 77.3 cm³/mol. The number of carbonyl (C=O) groups excluding carboxylic acids is 1. The minimum atomic E-state index is -4.73. The third-order valence-corrected chi connectivity index (χ3v) is 3.77. The molecule has 1 aromatic rings. The minimum absolute atomic E-state index is 0.267. The maximum absolute atomic E-state index is 13.2. The number of alkyl halides is 3. The smallest absolute Gasteiger partial charge is 0.383 e. The van der Waals surface area contributed by atoms with Crippen LogP contribution in [0.15, 0.2) is 30.3 Å². The van der Waals surface area contributed by atoms with Gasteiger partial charge in [-0.25, -0.2) is 0 Å². The highest BCUT2D eigenvalue weighted by Gasteiger charge is 2.55. The molecule has 0 unspecified atom stereocenters. The van der Waals surface area contributed by atoms with Gasteiger partial charge in [0.1, 0.15) is 6.10 Å². The SMILES string of the molecule is CC(C)(C)[C@@H](O)C(=O)N1[C@H](C(F)(F)F)OC[C@H]1c1ccccc1. The molecule has 1 saturated heterocycles. The van der Waals surface area contributed by atoms with E-state index < -0.39 is 35.9 Å². The maximum atomic E-state index is 13.2. The van der Waals surface area contributed by atoms with E-state index in [1.165, 1.54) is 0 Å². The van der Waals surface area contributed by atoms with Gasteiger partial charge in [0.15, 0.2) is 0 Å². The first kappa shape index (κ1) is 17.7. The Bertz CT molecular complexity index is 554. The van der Waals surface area contributed by atoms with E-state index >= 15 is 0 Å². The fourth-order valence-corrected chi connectivity index (χ4v) is 2.47. The van der Waals surface area contributed by atoms with E-state index in [-0.39, 0.29) is 6.61 Å². The molecule has 0 saturated carbocycles. The highest BCUT2D eigenvalue weighted by Crippen LogP contribution is 2.39. The summed E-state index contributed by atoms with van der Waals surface area (Å²) in [6.07, 6.45) is -8.63. The topological polar surface area (TPSA) is 49.8 Å². The zero-order chi connectivity index (χ0) is 17.4. The number of amides is 1. The molecular weight excluding hydrogens is 311 g/mol. The van der Waals surface area contributed by atoms with Gasteiger partial charge in [-0.1, -0.05) is 51.1 Å². The highest BCUT2D eigenvalue weighted by atomic mass is 19.4. The Morgan fingerprint density at radius 2 is 1.83 bits per heavy atom. The van der Waals surface area contributed by atoms with Crippen LogP contribution in [0.4, 0.5) is 13.2 Å². The Hall–Kier alpha value is -1.60. The van der Waals surface area contributed by atoms with Crippen molar-refractivity contribution in [3.05, 3.63) is 35.9 Å². The highest BCUT2D eigenvalue weighted by molar-refractivity contribution is 5.82. The molecule has 4 nitrogen and oxygen atoms in total. The van der Waals surface area contributed by atoms with Crippen molar-refractivity contribution in [1.82, 2.24) is 4.90 Å². The second kappa shape index (κ2) is 6.13. The van der Waals surface area contributed by atoms with Crippen LogP contribution in [0.5, 0.6) is 0 Å². The number of hydrogen-bond donors (Lipinski definition) is 1. The summed E-state index contributed by atoms with van der Waals surface area (Å²) in [6, 6.07) is 7.48. The molecule has 1 N–H and O–H groups in total. The van der Waals surface area contributed by atoms with Crippen LogP contribution in [0.3, 0.4) is 0 Å². The molecule has 1 amide bonds. The van der Waals surface area contributed by atoms with Gasteiger partial charge in [0.25, 0.3) is 5.91 Å². The van der Waals surface area contributed by atoms with Crippen LogP contribution in [0.25, 0.3) is 0 Å². The monoisotopic (exact) mass is 331 g/mol. The lowest BCUT2D eigenvalue weighted by molar-refractivity contribution is -0.242. The third kappa shape index (κ3) is 3.67. The van der Waals surface area contributed by atoms with Crippen molar-refractivity contribution in [2.45, 2.75) is 45.3 Å². The molecule has 0 bridgehead atoms. The standard InChI is InChI=1S/C16H20F3NO3/c1-15(2,3)12(21)13(22)20-11(10-7-5-4-6-8-10)9-23-14(20)16(17,18)19/h4-8,11-12,14,21H,9H2,1-3H3/t11-,12-,14-/m0/s1. The van der Waals surface area contributed by atoms with Crippen LogP contribution in [-0.2, 0) is 9.53 Å². The summed E-state index contributed by atoms with van der Waals surface area (Å²) in [5, 5.41) is 10.1.